The third-order valence-corrected chi connectivity index (χ3v) is 22.8. The zero-order valence-electron chi connectivity index (χ0n) is 67.6. The van der Waals surface area contributed by atoms with Crippen LogP contribution >= 0.6 is 0 Å². The first kappa shape index (κ1) is 86.7. The Morgan fingerprint density at radius 1 is 0.434 bits per heavy atom. The molecule has 6 aliphatic rings. The Morgan fingerprint density at radius 2 is 0.779 bits per heavy atom. The van der Waals surface area contributed by atoms with Crippen molar-refractivity contribution in [3.63, 3.8) is 0 Å². The molecule has 0 spiro atoms. The normalized spacial score (nSPS) is 16.9. The molecule has 3 atom stereocenters. The van der Waals surface area contributed by atoms with Crippen LogP contribution in [0.1, 0.15) is 127 Å². The summed E-state index contributed by atoms with van der Waals surface area (Å²) in [5, 5.41) is 12.7. The fraction of sp³-hybridized carbons (Fsp3) is 0.333. The van der Waals surface area contributed by atoms with Gasteiger partial charge in [0.15, 0.2) is 0 Å². The highest BCUT2D eigenvalue weighted by molar-refractivity contribution is 6.06. The topological polar surface area (TPSA) is 292 Å². The number of carbonyl (C=O) groups is 3. The second-order valence-corrected chi connectivity index (χ2v) is 31.9. The van der Waals surface area contributed by atoms with E-state index in [1.165, 1.54) is 49.0 Å². The molecule has 0 radical (unpaired) electrons. The van der Waals surface area contributed by atoms with E-state index >= 15 is 0 Å². The summed E-state index contributed by atoms with van der Waals surface area (Å²) in [5.74, 6) is 5.89. The number of benzene rings is 6. The van der Waals surface area contributed by atoms with Crippen LogP contribution in [-0.2, 0) is 14.4 Å². The molecule has 3 aliphatic carbocycles. The van der Waals surface area contributed by atoms with Gasteiger partial charge < -0.3 is 69.6 Å². The Hall–Kier alpha value is -13.1. The van der Waals surface area contributed by atoms with E-state index in [-0.39, 0.29) is 63.9 Å². The molecule has 3 aliphatic heterocycles. The number of anilines is 3. The van der Waals surface area contributed by atoms with Crippen LogP contribution in [0.15, 0.2) is 213 Å². The first-order valence-corrected chi connectivity index (χ1v) is 40.8. The van der Waals surface area contributed by atoms with Crippen molar-refractivity contribution in [2.45, 2.75) is 116 Å². The zero-order chi connectivity index (χ0) is 82.4. The molecule has 25 nitrogen and oxygen atoms in total. The van der Waals surface area contributed by atoms with Gasteiger partial charge in [-0.2, -0.15) is 5.26 Å². The van der Waals surface area contributed by atoms with Gasteiger partial charge in [0.2, 0.25) is 17.7 Å². The number of hydrogen-bond acceptors (Lipinski definition) is 19. The molecule has 0 unspecified atom stereocenters. The summed E-state index contributed by atoms with van der Waals surface area (Å²) in [6, 6.07) is 52.2. The maximum atomic E-state index is 13.6. The van der Waals surface area contributed by atoms with Crippen molar-refractivity contribution in [1.29, 1.82) is 5.26 Å². The van der Waals surface area contributed by atoms with Crippen molar-refractivity contribution >= 4 is 68.3 Å². The molecule has 3 amide bonds. The highest BCUT2D eigenvalue weighted by Gasteiger charge is 2.41. The van der Waals surface area contributed by atoms with E-state index in [1.54, 1.807) is 36.7 Å². The second kappa shape index (κ2) is 38.5. The molecule has 26 heteroatoms. The van der Waals surface area contributed by atoms with Crippen LogP contribution < -0.4 is 31.4 Å². The van der Waals surface area contributed by atoms with Crippen LogP contribution in [0.2, 0.25) is 0 Å². The molecule has 3 saturated heterocycles. The van der Waals surface area contributed by atoms with E-state index in [9.17, 15) is 24.0 Å². The van der Waals surface area contributed by atoms with Crippen molar-refractivity contribution in [3.05, 3.63) is 236 Å². The molecule has 6 aromatic carbocycles. The number of carbonyl (C=O) groups excluding carboxylic acids is 3. The van der Waals surface area contributed by atoms with Crippen LogP contribution in [0, 0.1) is 17.1 Å². The third-order valence-electron chi connectivity index (χ3n) is 22.8. The minimum atomic E-state index is -0.342. The van der Waals surface area contributed by atoms with E-state index in [4.69, 9.17) is 41.4 Å². The molecule has 6 N–H and O–H groups in total. The fourth-order valence-corrected chi connectivity index (χ4v) is 16.6. The number of rotatable bonds is 24. The van der Waals surface area contributed by atoms with Crippen molar-refractivity contribution in [2.75, 3.05) is 111 Å². The number of nitriles is 1. The lowest BCUT2D eigenvalue weighted by molar-refractivity contribution is -0.125. The largest absolute Gasteiger partial charge is 0.457 e. The fourth-order valence-electron chi connectivity index (χ4n) is 16.6. The molecular formula is C96H110FN19O6. The number of para-hydroxylation sites is 2. The number of likely N-dealkylation sites (tertiary alicyclic amines) is 3. The maximum absolute atomic E-state index is 13.6. The number of nitrogen functional groups attached to an aromatic ring is 3. The standard InChI is InChI=1S/C33H35FN6O2.C31H34N6O2.C29H29N7O2.3CH4/c1-38(24-11-12-24)16-3-6-28(41)39-17-15-25(19-39)40-31(22-7-8-22)29(30-32(35)36-20-37-33(30)40)21-9-13-26(14-10-21)42-27-5-2-4-23(34)18-27;1-35(2)17-6-9-26(38)36-18-16-23(19-36)37-29(22-10-11-22)27(28-30(32)33-20-34-31(28)37)21-12-14-25(15-13-21)39-24-7-4-3-5-8-24;1-34(2)15-6-9-25(37)35-16-14-21(18-35)36-24(17-30)26(27-28(31)32-19-33-29(27)36)20-10-12-23(13-11-20)38-22-7-4-3-5-8-22;;;/h2-6,9-10,13-14,18,20,22,24-25H,7-8,11-12,15-17,19H2,1H3,(H2,35,36,37);3-9,12-15,20,22-23H,10-11,16-19H2,1-2H3,(H2,32,33,34);3-13,19,21H,14-16,18H2,1-2H3,(H2,31,32,33);3*1H4/b6-3+;2*9-6+;;;/t25-;23-;21-;;;/m111.../s1. The van der Waals surface area contributed by atoms with E-state index in [0.29, 0.717) is 121 Å². The SMILES string of the molecule is C.C.C.CN(C)C/C=C/C(=O)N1CC[C@@H](n2c(C#N)c(-c3ccc(Oc4ccccc4)cc3)c3c(N)ncnc32)C1.CN(C)C/C=C/C(=O)N1CC[C@@H](n2c(C3CC3)c(-c3ccc(Oc4ccccc4)cc3)c3c(N)ncnc32)C1.CN(C/C=C/C(=O)N1CC[C@@H](n2c(C3CC3)c(-c3ccc(Oc4cccc(F)c4)cc3)c3c(N)ncnc32)C1)C1CC1. The number of amides is 3. The van der Waals surface area contributed by atoms with Gasteiger partial charge in [-0.3, -0.25) is 19.3 Å². The lowest BCUT2D eigenvalue weighted by Gasteiger charge is -2.19. The highest BCUT2D eigenvalue weighted by atomic mass is 19.1. The summed E-state index contributed by atoms with van der Waals surface area (Å²) in [6.45, 7) is 6.03. The first-order valence-electron chi connectivity index (χ1n) is 40.8. The van der Waals surface area contributed by atoms with E-state index in [2.05, 4.69) is 59.2 Å². The summed E-state index contributed by atoms with van der Waals surface area (Å²) in [4.78, 5) is 77.7. The Balaban J connectivity index is 0.000000156. The van der Waals surface area contributed by atoms with Gasteiger partial charge in [0.25, 0.3) is 0 Å². The minimum Gasteiger partial charge on any atom is -0.457 e. The molecule has 6 fully saturated rings. The van der Waals surface area contributed by atoms with Crippen molar-refractivity contribution < 1.29 is 33.0 Å². The van der Waals surface area contributed by atoms with Crippen molar-refractivity contribution in [1.82, 2.24) is 73.0 Å². The number of nitrogens with zero attached hydrogens (tertiary/aromatic N) is 16. The van der Waals surface area contributed by atoms with E-state index in [1.807, 2.05) is 197 Å². The smallest absolute Gasteiger partial charge is 0.246 e. The average molecular weight is 1650 g/mol. The van der Waals surface area contributed by atoms with Gasteiger partial charge in [0, 0.05) is 117 Å². The van der Waals surface area contributed by atoms with Crippen molar-refractivity contribution in [3.8, 4) is 73.9 Å². The predicted octanol–water partition coefficient (Wildman–Crippen LogP) is 17.3. The number of likely N-dealkylation sites (N-methyl/N-ethyl adjacent to an activating group) is 3. The number of fused-ring (bicyclic) bond motifs is 3. The number of halogens is 1. The Morgan fingerprint density at radius 3 is 1.15 bits per heavy atom. The molecule has 12 aromatic rings. The van der Waals surface area contributed by atoms with Crippen LogP contribution in [0.5, 0.6) is 34.5 Å². The molecule has 632 valence electrons. The van der Waals surface area contributed by atoms with Crippen LogP contribution in [0.25, 0.3) is 66.5 Å². The molecule has 18 rings (SSSR count). The quantitative estimate of drug-likeness (QED) is 0.0474. The summed E-state index contributed by atoms with van der Waals surface area (Å²) < 4.78 is 38.1. The third kappa shape index (κ3) is 19.4. The van der Waals surface area contributed by atoms with Crippen LogP contribution in [-0.4, -0.2) is 191 Å². The summed E-state index contributed by atoms with van der Waals surface area (Å²) in [5.41, 5.74) is 30.3. The Kier molecular flexibility index (Phi) is 27.4. The van der Waals surface area contributed by atoms with Gasteiger partial charge in [0.1, 0.15) is 105 Å². The molecule has 3 saturated carbocycles. The second-order valence-electron chi connectivity index (χ2n) is 31.9. The van der Waals surface area contributed by atoms with Crippen molar-refractivity contribution in [2.24, 2.45) is 0 Å². The van der Waals surface area contributed by atoms with E-state index in [0.717, 1.165) is 125 Å². The number of ether oxygens (including phenoxy) is 3. The average Bonchev–Trinajstić information content (AvgIpc) is 1.75. The maximum Gasteiger partial charge on any atom is 0.246 e. The van der Waals surface area contributed by atoms with Gasteiger partial charge in [-0.15, -0.1) is 0 Å². The molecular weight excluding hydrogens is 1530 g/mol. The molecule has 9 heterocycles. The molecule has 0 bridgehead atoms. The number of hydrogen-bond donors (Lipinski definition) is 3. The molecule has 122 heavy (non-hydrogen) atoms. The number of nitrogens with two attached hydrogens (primary N) is 3. The van der Waals surface area contributed by atoms with Gasteiger partial charge in [0.05, 0.1) is 34.3 Å². The van der Waals surface area contributed by atoms with Crippen LogP contribution in [0.4, 0.5) is 21.8 Å². The van der Waals surface area contributed by atoms with E-state index < -0.39 is 0 Å². The van der Waals surface area contributed by atoms with Gasteiger partial charge in [-0.25, -0.2) is 34.3 Å². The molecule has 6 aromatic heterocycles. The minimum absolute atomic E-state index is 0. The predicted molar refractivity (Wildman–Crippen MR) is 481 cm³/mol. The Bertz CT molecular complexity index is 5810. The lowest BCUT2D eigenvalue weighted by atomic mass is 10.0. The summed E-state index contributed by atoms with van der Waals surface area (Å²) in [6.07, 6.45) is 24.7. The first-order chi connectivity index (χ1) is 57.9. The van der Waals surface area contributed by atoms with Gasteiger partial charge in [-0.05, 0) is 194 Å². The summed E-state index contributed by atoms with van der Waals surface area (Å²) >= 11 is 0. The zero-order valence-corrected chi connectivity index (χ0v) is 67.6. The van der Waals surface area contributed by atoms with Gasteiger partial charge >= 0.3 is 0 Å². The van der Waals surface area contributed by atoms with Crippen LogP contribution in [0.3, 0.4) is 0 Å². The summed E-state index contributed by atoms with van der Waals surface area (Å²) in [7, 11) is 10.0. The Labute approximate surface area is 713 Å². The van der Waals surface area contributed by atoms with Gasteiger partial charge in [-0.1, -0.05) is 119 Å². The lowest BCUT2D eigenvalue weighted by Crippen LogP contribution is -2.28. The monoisotopic (exact) mass is 1640 g/mol. The number of aromatic nitrogens is 9. The highest BCUT2D eigenvalue weighted by Crippen LogP contribution is 2.53.